The molecule has 0 radical (unpaired) electrons. The van der Waals surface area contributed by atoms with E-state index >= 15 is 0 Å². The van der Waals surface area contributed by atoms with Gasteiger partial charge >= 0.3 is 0 Å². The summed E-state index contributed by atoms with van der Waals surface area (Å²) >= 11 is 0. The van der Waals surface area contributed by atoms with E-state index in [-0.39, 0.29) is 18.3 Å². The van der Waals surface area contributed by atoms with Crippen LogP contribution in [-0.4, -0.2) is 6.54 Å². The van der Waals surface area contributed by atoms with E-state index in [1.165, 1.54) is 0 Å². The average molecular weight is 274 g/mol. The first-order valence-electron chi connectivity index (χ1n) is 5.82. The Balaban J connectivity index is 0.00000180. The number of halogens is 1. The van der Waals surface area contributed by atoms with Gasteiger partial charge in [-0.1, -0.05) is 36.3 Å². The maximum Gasteiger partial charge on any atom is 0.127 e. The Morgan fingerprint density at radius 3 is 2.11 bits per heavy atom. The smallest absolute Gasteiger partial charge is 0.127 e. The van der Waals surface area contributed by atoms with Crippen LogP contribution in [0, 0.1) is 12.3 Å². The van der Waals surface area contributed by atoms with Crippen molar-refractivity contribution < 1.29 is 4.74 Å². The zero-order chi connectivity index (χ0) is 12.8. The van der Waals surface area contributed by atoms with E-state index in [0.29, 0.717) is 6.54 Å². The van der Waals surface area contributed by atoms with E-state index in [1.807, 2.05) is 54.6 Å². The van der Waals surface area contributed by atoms with Crippen LogP contribution < -0.4 is 10.5 Å². The molecule has 0 aromatic heterocycles. The molecule has 2 N–H and O–H groups in total. The van der Waals surface area contributed by atoms with Gasteiger partial charge in [-0.05, 0) is 29.8 Å². The molecule has 1 unspecified atom stereocenters. The van der Waals surface area contributed by atoms with Crippen molar-refractivity contribution in [2.45, 2.75) is 5.92 Å². The van der Waals surface area contributed by atoms with Gasteiger partial charge in [0, 0.05) is 6.54 Å². The fourth-order valence-corrected chi connectivity index (χ4v) is 1.69. The number of rotatable bonds is 4. The molecular weight excluding hydrogens is 258 g/mol. The van der Waals surface area contributed by atoms with E-state index in [1.54, 1.807) is 0 Å². The van der Waals surface area contributed by atoms with Crippen LogP contribution in [0.3, 0.4) is 0 Å². The van der Waals surface area contributed by atoms with Crippen LogP contribution in [0.2, 0.25) is 0 Å². The van der Waals surface area contributed by atoms with Crippen LogP contribution in [0.25, 0.3) is 0 Å². The number of hydrogen-bond donors (Lipinski definition) is 1. The molecule has 1 atom stereocenters. The van der Waals surface area contributed by atoms with Crippen molar-refractivity contribution in [1.29, 1.82) is 0 Å². The highest BCUT2D eigenvalue weighted by molar-refractivity contribution is 5.85. The van der Waals surface area contributed by atoms with Crippen LogP contribution in [0.1, 0.15) is 11.5 Å². The van der Waals surface area contributed by atoms with Gasteiger partial charge in [-0.2, -0.15) is 0 Å². The largest absolute Gasteiger partial charge is 0.457 e. The second kappa shape index (κ2) is 7.48. The second-order valence-corrected chi connectivity index (χ2v) is 3.94. The topological polar surface area (TPSA) is 35.2 Å². The summed E-state index contributed by atoms with van der Waals surface area (Å²) in [7, 11) is 0. The molecule has 2 aromatic carbocycles. The Kier molecular flexibility index (Phi) is 5.95. The minimum atomic E-state index is -0.0317. The number of benzene rings is 2. The molecule has 0 aliphatic rings. The van der Waals surface area contributed by atoms with Crippen molar-refractivity contribution >= 4 is 12.4 Å². The average Bonchev–Trinajstić information content (AvgIpc) is 2.43. The Morgan fingerprint density at radius 1 is 1.00 bits per heavy atom. The molecule has 2 aromatic rings. The van der Waals surface area contributed by atoms with Gasteiger partial charge < -0.3 is 10.5 Å². The van der Waals surface area contributed by atoms with Crippen molar-refractivity contribution in [3.05, 3.63) is 60.2 Å². The molecule has 0 bridgehead atoms. The van der Waals surface area contributed by atoms with Gasteiger partial charge in [-0.15, -0.1) is 18.8 Å². The fraction of sp³-hybridized carbons (Fsp3) is 0.125. The van der Waals surface area contributed by atoms with Gasteiger partial charge in [0.15, 0.2) is 0 Å². The number of para-hydroxylation sites is 1. The van der Waals surface area contributed by atoms with Gasteiger partial charge in [-0.25, -0.2) is 0 Å². The van der Waals surface area contributed by atoms with Crippen LogP contribution in [0.5, 0.6) is 11.5 Å². The molecule has 98 valence electrons. The number of terminal acetylenes is 1. The molecule has 0 amide bonds. The van der Waals surface area contributed by atoms with Crippen molar-refractivity contribution in [3.8, 4) is 23.8 Å². The number of nitrogens with two attached hydrogens (primary N) is 1. The van der Waals surface area contributed by atoms with E-state index in [9.17, 15) is 0 Å². The van der Waals surface area contributed by atoms with Gasteiger partial charge in [0.25, 0.3) is 0 Å². The summed E-state index contributed by atoms with van der Waals surface area (Å²) in [6.45, 7) is 0.454. The normalized spacial score (nSPS) is 10.9. The molecular formula is C16H16ClNO. The van der Waals surface area contributed by atoms with Crippen molar-refractivity contribution in [2.24, 2.45) is 5.73 Å². The highest BCUT2D eigenvalue weighted by atomic mass is 35.5. The Labute approximate surface area is 120 Å². The standard InChI is InChI=1S/C16H15NO.ClH/c1-2-13(12-17)14-8-10-16(11-9-14)18-15-6-4-3-5-7-15;/h1,3-11,13H,12,17H2;1H. The lowest BCUT2D eigenvalue weighted by atomic mass is 10.0. The van der Waals surface area contributed by atoms with Crippen LogP contribution in [0.4, 0.5) is 0 Å². The van der Waals surface area contributed by atoms with E-state index in [2.05, 4.69) is 5.92 Å². The van der Waals surface area contributed by atoms with E-state index < -0.39 is 0 Å². The highest BCUT2D eigenvalue weighted by Gasteiger charge is 2.05. The van der Waals surface area contributed by atoms with Crippen LogP contribution in [0.15, 0.2) is 54.6 Å². The molecule has 0 heterocycles. The third-order valence-electron chi connectivity index (χ3n) is 2.70. The number of hydrogen-bond acceptors (Lipinski definition) is 2. The summed E-state index contributed by atoms with van der Waals surface area (Å²) in [6.07, 6.45) is 5.42. The first-order valence-corrected chi connectivity index (χ1v) is 5.82. The molecule has 0 fully saturated rings. The molecule has 0 saturated heterocycles. The lowest BCUT2D eigenvalue weighted by Crippen LogP contribution is -2.10. The summed E-state index contributed by atoms with van der Waals surface area (Å²) in [4.78, 5) is 0. The maximum atomic E-state index is 5.70. The monoisotopic (exact) mass is 273 g/mol. The molecule has 3 heteroatoms. The molecule has 0 saturated carbocycles. The first-order chi connectivity index (χ1) is 8.83. The minimum Gasteiger partial charge on any atom is -0.457 e. The van der Waals surface area contributed by atoms with Gasteiger partial charge in [0.05, 0.1) is 5.92 Å². The zero-order valence-electron chi connectivity index (χ0n) is 10.5. The van der Waals surface area contributed by atoms with Gasteiger partial charge in [0.1, 0.15) is 11.5 Å². The molecule has 0 aliphatic heterocycles. The highest BCUT2D eigenvalue weighted by Crippen LogP contribution is 2.23. The lowest BCUT2D eigenvalue weighted by molar-refractivity contribution is 0.482. The summed E-state index contributed by atoms with van der Waals surface area (Å²) < 4.78 is 5.70. The number of ether oxygens (including phenoxy) is 1. The predicted octanol–water partition coefficient (Wildman–Crippen LogP) is 3.58. The van der Waals surface area contributed by atoms with Crippen molar-refractivity contribution in [2.75, 3.05) is 6.54 Å². The van der Waals surface area contributed by atoms with Crippen LogP contribution in [-0.2, 0) is 0 Å². The van der Waals surface area contributed by atoms with E-state index in [0.717, 1.165) is 17.1 Å². The third-order valence-corrected chi connectivity index (χ3v) is 2.70. The zero-order valence-corrected chi connectivity index (χ0v) is 11.3. The second-order valence-electron chi connectivity index (χ2n) is 3.94. The molecule has 19 heavy (non-hydrogen) atoms. The van der Waals surface area contributed by atoms with Crippen molar-refractivity contribution in [3.63, 3.8) is 0 Å². The Bertz CT molecular complexity index is 531. The molecule has 0 spiro atoms. The summed E-state index contributed by atoms with van der Waals surface area (Å²) in [5, 5.41) is 0. The SMILES string of the molecule is C#CC(CN)c1ccc(Oc2ccccc2)cc1.Cl. The Morgan fingerprint density at radius 2 is 1.58 bits per heavy atom. The van der Waals surface area contributed by atoms with E-state index in [4.69, 9.17) is 16.9 Å². The Hall–Kier alpha value is -1.95. The quantitative estimate of drug-likeness (QED) is 0.865. The molecule has 2 rings (SSSR count). The van der Waals surface area contributed by atoms with Gasteiger partial charge in [0.2, 0.25) is 0 Å². The van der Waals surface area contributed by atoms with Crippen molar-refractivity contribution in [1.82, 2.24) is 0 Å². The third kappa shape index (κ3) is 4.03. The predicted molar refractivity (Wildman–Crippen MR) is 80.8 cm³/mol. The van der Waals surface area contributed by atoms with Gasteiger partial charge in [-0.3, -0.25) is 0 Å². The fourth-order valence-electron chi connectivity index (χ4n) is 1.69. The summed E-state index contributed by atoms with van der Waals surface area (Å²) in [5.74, 6) is 4.25. The van der Waals surface area contributed by atoms with Crippen LogP contribution >= 0.6 is 12.4 Å². The summed E-state index contributed by atoms with van der Waals surface area (Å²) in [5.41, 5.74) is 6.65. The maximum absolute atomic E-state index is 5.70. The molecule has 2 nitrogen and oxygen atoms in total. The summed E-state index contributed by atoms with van der Waals surface area (Å²) in [6, 6.07) is 17.4. The molecule has 0 aliphatic carbocycles. The lowest BCUT2D eigenvalue weighted by Gasteiger charge is -2.10. The minimum absolute atomic E-state index is 0. The first kappa shape index (κ1) is 15.1.